The van der Waals surface area contributed by atoms with Gasteiger partial charge < -0.3 is 10.2 Å². The van der Waals surface area contributed by atoms with Crippen LogP contribution >= 0.6 is 0 Å². The molecule has 4 fully saturated rings. The molecule has 0 amide bonds. The summed E-state index contributed by atoms with van der Waals surface area (Å²) in [6.07, 6.45) is 8.09. The van der Waals surface area contributed by atoms with Crippen molar-refractivity contribution in [2.75, 3.05) is 0 Å². The number of rotatable bonds is 6. The van der Waals surface area contributed by atoms with Gasteiger partial charge in [-0.25, -0.2) is 0 Å². The molecule has 0 aliphatic heterocycles. The highest BCUT2D eigenvalue weighted by atomic mass is 19.4. The molecule has 0 unspecified atom stereocenters. The molecule has 4 aliphatic rings. The normalized spacial score (nSPS) is 47.3. The fourth-order valence-electron chi connectivity index (χ4n) is 9.98. The topological polar surface area (TPSA) is 40.5 Å². The minimum atomic E-state index is -4.57. The van der Waals surface area contributed by atoms with Gasteiger partial charge in [-0.1, -0.05) is 27.7 Å². The van der Waals surface area contributed by atoms with Gasteiger partial charge >= 0.3 is 6.18 Å². The van der Waals surface area contributed by atoms with E-state index in [4.69, 9.17) is 0 Å². The number of fused-ring (bicyclic) bond motifs is 5. The van der Waals surface area contributed by atoms with E-state index in [0.29, 0.717) is 29.6 Å². The van der Waals surface area contributed by atoms with E-state index in [1.807, 2.05) is 0 Å². The Kier molecular flexibility index (Phi) is 7.02. The van der Waals surface area contributed by atoms with Crippen LogP contribution in [0.5, 0.6) is 0 Å². The number of hydrogen-bond donors (Lipinski definition) is 2. The van der Waals surface area contributed by atoms with E-state index in [0.717, 1.165) is 50.9 Å². The summed E-state index contributed by atoms with van der Waals surface area (Å²) in [5, 5.41) is 21.1. The second-order valence-electron chi connectivity index (χ2n) is 13.5. The highest BCUT2D eigenvalue weighted by Gasteiger charge is 2.62. The molecular weight excluding hydrogens is 437 g/mol. The Bertz CT molecular complexity index is 735. The van der Waals surface area contributed by atoms with Crippen LogP contribution in [0.25, 0.3) is 0 Å². The number of aliphatic hydroxyl groups is 2. The van der Waals surface area contributed by atoms with E-state index in [2.05, 4.69) is 27.7 Å². The van der Waals surface area contributed by atoms with Crippen LogP contribution in [-0.4, -0.2) is 27.6 Å². The third-order valence-corrected chi connectivity index (χ3v) is 12.3. The van der Waals surface area contributed by atoms with Gasteiger partial charge in [0.05, 0.1) is 5.60 Å². The molecule has 2 nitrogen and oxygen atoms in total. The molecule has 0 heterocycles. The third-order valence-electron chi connectivity index (χ3n) is 12.3. The molecule has 5 heteroatoms. The van der Waals surface area contributed by atoms with Gasteiger partial charge in [0, 0.05) is 0 Å². The molecule has 4 rings (SSSR count). The first kappa shape index (κ1) is 26.8. The Morgan fingerprint density at radius 2 is 1.65 bits per heavy atom. The SMILES string of the molecule is CC[C@]1(O)CC[C@@]2(CC)[C@@H](CC[C@H]3[C@@H]4CC[C@H]([C@H](C)CC[C@@](C)(O)C(F)(F)F)[C@@]4(C)CC[C@@H]32)C1. The minimum absolute atomic E-state index is 0.200. The van der Waals surface area contributed by atoms with Crippen molar-refractivity contribution < 1.29 is 23.4 Å². The molecule has 4 saturated carbocycles. The molecule has 2 N–H and O–H groups in total. The van der Waals surface area contributed by atoms with Crippen LogP contribution < -0.4 is 0 Å². The van der Waals surface area contributed by atoms with E-state index >= 15 is 0 Å². The van der Waals surface area contributed by atoms with Gasteiger partial charge in [0.15, 0.2) is 5.60 Å². The number of alkyl halides is 3. The van der Waals surface area contributed by atoms with Crippen LogP contribution in [0, 0.1) is 46.3 Å². The van der Waals surface area contributed by atoms with Crippen molar-refractivity contribution in [2.24, 2.45) is 46.3 Å². The van der Waals surface area contributed by atoms with E-state index < -0.39 is 17.4 Å². The maximum atomic E-state index is 13.2. The van der Waals surface area contributed by atoms with Crippen LogP contribution in [0.4, 0.5) is 13.2 Å². The second kappa shape index (κ2) is 8.92. The minimum Gasteiger partial charge on any atom is -0.390 e. The zero-order valence-corrected chi connectivity index (χ0v) is 22.2. The average molecular weight is 487 g/mol. The Morgan fingerprint density at radius 1 is 0.941 bits per heavy atom. The lowest BCUT2D eigenvalue weighted by Crippen LogP contribution is -2.57. The Hall–Kier alpha value is -0.290. The van der Waals surface area contributed by atoms with E-state index in [1.165, 1.54) is 38.5 Å². The van der Waals surface area contributed by atoms with Gasteiger partial charge in [0.2, 0.25) is 0 Å². The maximum absolute atomic E-state index is 13.2. The van der Waals surface area contributed by atoms with Crippen LogP contribution in [0.1, 0.15) is 118 Å². The summed E-state index contributed by atoms with van der Waals surface area (Å²) in [5.74, 6) is 3.45. The fraction of sp³-hybridized carbons (Fsp3) is 1.00. The first-order valence-corrected chi connectivity index (χ1v) is 14.2. The van der Waals surface area contributed by atoms with Gasteiger partial charge in [0.1, 0.15) is 0 Å². The molecule has 0 bridgehead atoms. The molecule has 0 aromatic carbocycles. The molecule has 4 aliphatic carbocycles. The molecule has 34 heavy (non-hydrogen) atoms. The van der Waals surface area contributed by atoms with Crippen molar-refractivity contribution >= 4 is 0 Å². The lowest BCUT2D eigenvalue weighted by molar-refractivity contribution is -0.256. The molecule has 198 valence electrons. The van der Waals surface area contributed by atoms with Crippen LogP contribution in [0.15, 0.2) is 0 Å². The summed E-state index contributed by atoms with van der Waals surface area (Å²) in [4.78, 5) is 0. The van der Waals surface area contributed by atoms with Gasteiger partial charge in [0.25, 0.3) is 0 Å². The summed E-state index contributed by atoms with van der Waals surface area (Å²) in [5.41, 5.74) is -2.47. The van der Waals surface area contributed by atoms with Crippen molar-refractivity contribution in [3.8, 4) is 0 Å². The molecule has 0 aromatic rings. The molecule has 10 atom stereocenters. The fourth-order valence-corrected chi connectivity index (χ4v) is 9.98. The van der Waals surface area contributed by atoms with E-state index in [-0.39, 0.29) is 17.8 Å². The molecular formula is C29H49F3O2. The Balaban J connectivity index is 1.49. The smallest absolute Gasteiger partial charge is 0.390 e. The monoisotopic (exact) mass is 486 g/mol. The number of halogens is 3. The van der Waals surface area contributed by atoms with E-state index in [9.17, 15) is 23.4 Å². The van der Waals surface area contributed by atoms with Crippen molar-refractivity contribution in [2.45, 2.75) is 135 Å². The molecule has 0 saturated heterocycles. The van der Waals surface area contributed by atoms with Gasteiger partial charge in [-0.15, -0.1) is 0 Å². The summed E-state index contributed by atoms with van der Waals surface area (Å²) in [6.45, 7) is 10.0. The van der Waals surface area contributed by atoms with Crippen molar-refractivity contribution in [3.63, 3.8) is 0 Å². The first-order valence-electron chi connectivity index (χ1n) is 14.2. The largest absolute Gasteiger partial charge is 0.416 e. The van der Waals surface area contributed by atoms with Gasteiger partial charge in [-0.2, -0.15) is 13.2 Å². The molecule has 0 aromatic heterocycles. The van der Waals surface area contributed by atoms with Crippen molar-refractivity contribution in [1.82, 2.24) is 0 Å². The second-order valence-corrected chi connectivity index (χ2v) is 13.5. The Labute approximate surface area is 205 Å². The van der Waals surface area contributed by atoms with Crippen molar-refractivity contribution in [3.05, 3.63) is 0 Å². The molecule has 0 spiro atoms. The predicted molar refractivity (Wildman–Crippen MR) is 130 cm³/mol. The zero-order valence-electron chi connectivity index (χ0n) is 22.2. The van der Waals surface area contributed by atoms with Gasteiger partial charge in [-0.3, -0.25) is 0 Å². The summed E-state index contributed by atoms with van der Waals surface area (Å²) >= 11 is 0. The predicted octanol–water partition coefficient (Wildman–Crippen LogP) is 7.91. The van der Waals surface area contributed by atoms with Crippen LogP contribution in [-0.2, 0) is 0 Å². The summed E-state index contributed by atoms with van der Waals surface area (Å²) in [7, 11) is 0. The van der Waals surface area contributed by atoms with Gasteiger partial charge in [-0.05, 0) is 137 Å². The van der Waals surface area contributed by atoms with Crippen LogP contribution in [0.3, 0.4) is 0 Å². The third kappa shape index (κ3) is 4.17. The number of hydrogen-bond acceptors (Lipinski definition) is 2. The Morgan fingerprint density at radius 3 is 2.26 bits per heavy atom. The molecule has 0 radical (unpaired) electrons. The summed E-state index contributed by atoms with van der Waals surface area (Å²) in [6, 6.07) is 0. The zero-order chi connectivity index (χ0) is 25.2. The standard InChI is InChI=1S/C29H49F3O2/c1-6-27(34)16-17-28(7-2)20(18-27)8-9-21-23-11-10-22(25(23,4)14-13-24(21)28)19(3)12-15-26(5,33)29(30,31)32/h19-24,33-34H,6-18H2,1-5H3/t19-,20+,21+,22-,23+,24+,25-,26-,27+,28+/m1/s1. The quantitative estimate of drug-likeness (QED) is 0.400. The maximum Gasteiger partial charge on any atom is 0.416 e. The van der Waals surface area contributed by atoms with Crippen molar-refractivity contribution in [1.29, 1.82) is 0 Å². The summed E-state index contributed by atoms with van der Waals surface area (Å²) < 4.78 is 39.6. The highest BCUT2D eigenvalue weighted by molar-refractivity contribution is 5.11. The first-order chi connectivity index (χ1) is 15.7. The lowest BCUT2D eigenvalue weighted by atomic mass is 9.42. The van der Waals surface area contributed by atoms with E-state index in [1.54, 1.807) is 0 Å². The van der Waals surface area contributed by atoms with Crippen LogP contribution in [0.2, 0.25) is 0 Å². The highest BCUT2D eigenvalue weighted by Crippen LogP contribution is 2.69. The lowest BCUT2D eigenvalue weighted by Gasteiger charge is -2.63. The average Bonchev–Trinajstić information content (AvgIpc) is 3.13.